The van der Waals surface area contributed by atoms with Gasteiger partial charge >= 0.3 is 0 Å². The number of nitrogens with zero attached hydrogens (tertiary/aromatic N) is 1. The molecule has 0 aliphatic heterocycles. The summed E-state index contributed by atoms with van der Waals surface area (Å²) in [6.07, 6.45) is 0. The van der Waals surface area contributed by atoms with Gasteiger partial charge in [-0.2, -0.15) is 0 Å². The van der Waals surface area contributed by atoms with Crippen molar-refractivity contribution in [3.05, 3.63) is 53.2 Å². The van der Waals surface area contributed by atoms with E-state index >= 15 is 0 Å². The minimum atomic E-state index is -0.0682. The van der Waals surface area contributed by atoms with Gasteiger partial charge < -0.3 is 9.84 Å². The fraction of sp³-hybridized carbons (Fsp3) is 0.214. The molecule has 0 saturated carbocycles. The summed E-state index contributed by atoms with van der Waals surface area (Å²) in [5, 5.41) is 9.35. The molecule has 0 saturated heterocycles. The normalized spacial score (nSPS) is 10.3. The van der Waals surface area contributed by atoms with E-state index in [-0.39, 0.29) is 6.61 Å². The molecule has 0 unspecified atom stereocenters. The monoisotopic (exact) mass is 229 g/mol. The predicted molar refractivity (Wildman–Crippen MR) is 66.1 cm³/mol. The van der Waals surface area contributed by atoms with Crippen molar-refractivity contribution in [3.63, 3.8) is 0 Å². The smallest absolute Gasteiger partial charge is 0.225 e. The van der Waals surface area contributed by atoms with Gasteiger partial charge in [0.25, 0.3) is 0 Å². The molecule has 0 atom stereocenters. The van der Waals surface area contributed by atoms with Gasteiger partial charge in [0, 0.05) is 11.3 Å². The van der Waals surface area contributed by atoms with Crippen LogP contribution in [0.15, 0.2) is 36.4 Å². The van der Waals surface area contributed by atoms with E-state index in [2.05, 4.69) is 4.98 Å². The molecule has 1 N–H and O–H groups in total. The van der Waals surface area contributed by atoms with E-state index in [4.69, 9.17) is 4.74 Å². The van der Waals surface area contributed by atoms with Crippen LogP contribution in [0.1, 0.15) is 16.8 Å². The molecule has 3 nitrogen and oxygen atoms in total. The molecular weight excluding hydrogens is 214 g/mol. The predicted octanol–water partition coefficient (Wildman–Crippen LogP) is 2.98. The van der Waals surface area contributed by atoms with E-state index < -0.39 is 0 Å². The Kier molecular flexibility index (Phi) is 3.40. The number of aromatic nitrogens is 1. The number of aryl methyl sites for hydroxylation is 2. The lowest BCUT2D eigenvalue weighted by atomic mass is 10.1. The number of pyridine rings is 1. The fourth-order valence-electron chi connectivity index (χ4n) is 1.71. The molecule has 0 fully saturated rings. The molecule has 0 aliphatic carbocycles. The number of aliphatic hydroxyl groups is 1. The third kappa shape index (κ3) is 2.63. The van der Waals surface area contributed by atoms with Crippen molar-refractivity contribution in [2.24, 2.45) is 0 Å². The Morgan fingerprint density at radius 1 is 1.18 bits per heavy atom. The van der Waals surface area contributed by atoms with Crippen molar-refractivity contribution < 1.29 is 9.84 Å². The molecule has 17 heavy (non-hydrogen) atoms. The van der Waals surface area contributed by atoms with Crippen LogP contribution in [0.25, 0.3) is 0 Å². The number of para-hydroxylation sites is 1. The van der Waals surface area contributed by atoms with Crippen LogP contribution in [0.2, 0.25) is 0 Å². The van der Waals surface area contributed by atoms with Crippen LogP contribution < -0.4 is 4.74 Å². The minimum Gasteiger partial charge on any atom is -0.439 e. The van der Waals surface area contributed by atoms with Crippen molar-refractivity contribution in [2.75, 3.05) is 0 Å². The Morgan fingerprint density at radius 3 is 2.53 bits per heavy atom. The number of ether oxygens (including phenoxy) is 1. The zero-order valence-electron chi connectivity index (χ0n) is 9.97. The first-order chi connectivity index (χ1) is 8.20. The summed E-state index contributed by atoms with van der Waals surface area (Å²) in [7, 11) is 0. The van der Waals surface area contributed by atoms with Crippen molar-refractivity contribution in [1.82, 2.24) is 4.98 Å². The maximum Gasteiger partial charge on any atom is 0.225 e. The number of rotatable bonds is 3. The van der Waals surface area contributed by atoms with Crippen LogP contribution in [-0.2, 0) is 6.61 Å². The molecule has 2 rings (SSSR count). The van der Waals surface area contributed by atoms with Gasteiger partial charge in [0.2, 0.25) is 5.88 Å². The van der Waals surface area contributed by atoms with Gasteiger partial charge in [-0.05, 0) is 37.6 Å². The molecule has 0 radical (unpaired) electrons. The Bertz CT molecular complexity index is 509. The number of benzene rings is 1. The zero-order valence-corrected chi connectivity index (χ0v) is 9.97. The Balaban J connectivity index is 2.38. The lowest BCUT2D eigenvalue weighted by Gasteiger charge is -2.11. The highest BCUT2D eigenvalue weighted by Gasteiger charge is 2.09. The van der Waals surface area contributed by atoms with Crippen molar-refractivity contribution in [2.45, 2.75) is 20.5 Å². The van der Waals surface area contributed by atoms with Gasteiger partial charge in [0.1, 0.15) is 5.75 Å². The van der Waals surface area contributed by atoms with Crippen LogP contribution in [0.5, 0.6) is 11.6 Å². The summed E-state index contributed by atoms with van der Waals surface area (Å²) in [4.78, 5) is 4.32. The standard InChI is InChI=1S/C14H15NO2/c1-10-8-11(2)15-14(13(10)9-16)17-12-6-4-3-5-7-12/h3-8,16H,9H2,1-2H3. The average Bonchev–Trinajstić information content (AvgIpc) is 2.30. The Labute approximate surface area is 101 Å². The van der Waals surface area contributed by atoms with Gasteiger partial charge in [-0.3, -0.25) is 0 Å². The third-order valence-corrected chi connectivity index (χ3v) is 2.55. The van der Waals surface area contributed by atoms with Crippen molar-refractivity contribution in [3.8, 4) is 11.6 Å². The second-order valence-corrected chi connectivity index (χ2v) is 3.94. The number of hydrogen-bond acceptors (Lipinski definition) is 3. The van der Waals surface area contributed by atoms with Crippen LogP contribution in [0.3, 0.4) is 0 Å². The first-order valence-corrected chi connectivity index (χ1v) is 5.51. The molecule has 1 aromatic heterocycles. The number of aliphatic hydroxyl groups excluding tert-OH is 1. The topological polar surface area (TPSA) is 42.4 Å². The maximum atomic E-state index is 9.35. The largest absolute Gasteiger partial charge is 0.439 e. The van der Waals surface area contributed by atoms with E-state index in [0.717, 1.165) is 22.6 Å². The Hall–Kier alpha value is -1.87. The fourth-order valence-corrected chi connectivity index (χ4v) is 1.71. The Morgan fingerprint density at radius 2 is 1.88 bits per heavy atom. The maximum absolute atomic E-state index is 9.35. The van der Waals surface area contributed by atoms with Gasteiger partial charge in [-0.15, -0.1) is 0 Å². The molecule has 1 heterocycles. The molecule has 0 bridgehead atoms. The highest BCUT2D eigenvalue weighted by Crippen LogP contribution is 2.26. The molecule has 0 aliphatic rings. The molecule has 0 amide bonds. The van der Waals surface area contributed by atoms with Crippen LogP contribution in [-0.4, -0.2) is 10.1 Å². The van der Waals surface area contributed by atoms with E-state index in [1.807, 2.05) is 50.2 Å². The number of hydrogen-bond donors (Lipinski definition) is 1. The van der Waals surface area contributed by atoms with Crippen LogP contribution >= 0.6 is 0 Å². The first kappa shape index (κ1) is 11.6. The molecular formula is C14H15NO2. The van der Waals surface area contributed by atoms with E-state index in [1.165, 1.54) is 0 Å². The van der Waals surface area contributed by atoms with E-state index in [1.54, 1.807) is 0 Å². The summed E-state index contributed by atoms with van der Waals surface area (Å²) in [6, 6.07) is 11.4. The van der Waals surface area contributed by atoms with Gasteiger partial charge in [0.15, 0.2) is 0 Å². The van der Waals surface area contributed by atoms with Crippen LogP contribution in [0, 0.1) is 13.8 Å². The molecule has 88 valence electrons. The minimum absolute atomic E-state index is 0.0682. The zero-order chi connectivity index (χ0) is 12.3. The summed E-state index contributed by atoms with van der Waals surface area (Å²) >= 11 is 0. The molecule has 1 aromatic carbocycles. The van der Waals surface area contributed by atoms with Crippen LogP contribution in [0.4, 0.5) is 0 Å². The van der Waals surface area contributed by atoms with Gasteiger partial charge in [-0.1, -0.05) is 18.2 Å². The summed E-state index contributed by atoms with van der Waals surface area (Å²) < 4.78 is 5.69. The van der Waals surface area contributed by atoms with E-state index in [0.29, 0.717) is 5.88 Å². The summed E-state index contributed by atoms with van der Waals surface area (Å²) in [6.45, 7) is 3.78. The summed E-state index contributed by atoms with van der Waals surface area (Å²) in [5.74, 6) is 1.20. The third-order valence-electron chi connectivity index (χ3n) is 2.55. The van der Waals surface area contributed by atoms with Crippen molar-refractivity contribution >= 4 is 0 Å². The molecule has 0 spiro atoms. The van der Waals surface area contributed by atoms with Crippen molar-refractivity contribution in [1.29, 1.82) is 0 Å². The second kappa shape index (κ2) is 4.97. The highest BCUT2D eigenvalue weighted by molar-refractivity contribution is 5.38. The average molecular weight is 229 g/mol. The second-order valence-electron chi connectivity index (χ2n) is 3.94. The van der Waals surface area contributed by atoms with Gasteiger partial charge in [-0.25, -0.2) is 4.98 Å². The SMILES string of the molecule is Cc1cc(C)c(CO)c(Oc2ccccc2)n1. The lowest BCUT2D eigenvalue weighted by Crippen LogP contribution is -1.99. The quantitative estimate of drug-likeness (QED) is 0.879. The summed E-state index contributed by atoms with van der Waals surface area (Å²) in [5.41, 5.74) is 2.61. The molecule has 2 aromatic rings. The lowest BCUT2D eigenvalue weighted by molar-refractivity contribution is 0.274. The first-order valence-electron chi connectivity index (χ1n) is 5.51. The van der Waals surface area contributed by atoms with E-state index in [9.17, 15) is 5.11 Å². The molecule has 3 heteroatoms. The van der Waals surface area contributed by atoms with Gasteiger partial charge in [0.05, 0.1) is 6.61 Å². The highest BCUT2D eigenvalue weighted by atomic mass is 16.5.